The zero-order valence-electron chi connectivity index (χ0n) is 10.3. The van der Waals surface area contributed by atoms with E-state index >= 15 is 0 Å². The number of hydrogen-bond donors (Lipinski definition) is 2. The average molecular weight is 244 g/mol. The van der Waals surface area contributed by atoms with E-state index in [1.165, 1.54) is 0 Å². The van der Waals surface area contributed by atoms with Crippen LogP contribution in [0, 0.1) is 0 Å². The van der Waals surface area contributed by atoms with Crippen LogP contribution < -0.4 is 16.4 Å². The van der Waals surface area contributed by atoms with Gasteiger partial charge in [-0.1, -0.05) is 18.2 Å². The lowest BCUT2D eigenvalue weighted by Crippen LogP contribution is -2.31. The molecule has 0 saturated heterocycles. The molecule has 0 atom stereocenters. The molecule has 1 amide bonds. The summed E-state index contributed by atoms with van der Waals surface area (Å²) in [5.74, 6) is 0.315. The van der Waals surface area contributed by atoms with E-state index in [0.29, 0.717) is 12.4 Å². The maximum absolute atomic E-state index is 10.9. The summed E-state index contributed by atoms with van der Waals surface area (Å²) in [6, 6.07) is 9.69. The van der Waals surface area contributed by atoms with Gasteiger partial charge in [-0.25, -0.2) is 4.98 Å². The highest BCUT2D eigenvalue weighted by Gasteiger charge is 2.09. The first kappa shape index (κ1) is 12.3. The molecule has 1 aromatic heterocycles. The predicted octanol–water partition coefficient (Wildman–Crippen LogP) is 0.615. The van der Waals surface area contributed by atoms with Gasteiger partial charge in [-0.2, -0.15) is 0 Å². The molecule has 0 aliphatic carbocycles. The first-order chi connectivity index (χ1) is 8.61. The standard InChI is InChI=1S/C13H16N4O/c1-17(8-12(15)18)13-6-9(7-14)10-4-2-3-5-11(10)16-13/h2-6H,7-8,14H2,1H3,(H2,15,18). The minimum atomic E-state index is -0.387. The minimum absolute atomic E-state index is 0.134. The minimum Gasteiger partial charge on any atom is -0.368 e. The topological polar surface area (TPSA) is 85.2 Å². The number of rotatable bonds is 4. The zero-order chi connectivity index (χ0) is 13.1. The quantitative estimate of drug-likeness (QED) is 0.825. The summed E-state index contributed by atoms with van der Waals surface area (Å²) in [5, 5.41) is 1.04. The van der Waals surface area contributed by atoms with Crippen molar-refractivity contribution in [2.45, 2.75) is 6.54 Å². The van der Waals surface area contributed by atoms with E-state index in [2.05, 4.69) is 4.98 Å². The molecule has 0 saturated carbocycles. The van der Waals surface area contributed by atoms with Crippen LogP contribution in [0.1, 0.15) is 5.56 Å². The van der Waals surface area contributed by atoms with Gasteiger partial charge in [0.05, 0.1) is 12.1 Å². The number of benzene rings is 1. The highest BCUT2D eigenvalue weighted by molar-refractivity contribution is 5.85. The summed E-state index contributed by atoms with van der Waals surface area (Å²) in [5.41, 5.74) is 12.8. The molecule has 18 heavy (non-hydrogen) atoms. The summed E-state index contributed by atoms with van der Waals surface area (Å²) >= 11 is 0. The Morgan fingerprint density at radius 1 is 1.39 bits per heavy atom. The maximum Gasteiger partial charge on any atom is 0.236 e. The molecule has 0 aliphatic heterocycles. The van der Waals surface area contributed by atoms with E-state index in [0.717, 1.165) is 16.5 Å². The van der Waals surface area contributed by atoms with Crippen LogP contribution in [0.2, 0.25) is 0 Å². The molecule has 2 aromatic rings. The van der Waals surface area contributed by atoms with Crippen LogP contribution in [0.4, 0.5) is 5.82 Å². The Morgan fingerprint density at radius 2 is 2.11 bits per heavy atom. The Kier molecular flexibility index (Phi) is 3.43. The fraction of sp³-hybridized carbons (Fsp3) is 0.231. The van der Waals surface area contributed by atoms with Gasteiger partial charge < -0.3 is 16.4 Å². The molecule has 5 nitrogen and oxygen atoms in total. The first-order valence-corrected chi connectivity index (χ1v) is 5.70. The summed E-state index contributed by atoms with van der Waals surface area (Å²) < 4.78 is 0. The smallest absolute Gasteiger partial charge is 0.236 e. The number of carbonyl (C=O) groups is 1. The molecule has 2 rings (SSSR count). The van der Waals surface area contributed by atoms with Crippen LogP contribution in [-0.4, -0.2) is 24.5 Å². The number of nitrogens with zero attached hydrogens (tertiary/aromatic N) is 2. The van der Waals surface area contributed by atoms with Crippen molar-refractivity contribution < 1.29 is 4.79 Å². The van der Waals surface area contributed by atoms with Gasteiger partial charge in [-0.05, 0) is 17.7 Å². The Bertz CT molecular complexity index is 582. The number of para-hydroxylation sites is 1. The third-order valence-electron chi connectivity index (χ3n) is 2.79. The average Bonchev–Trinajstić information content (AvgIpc) is 2.36. The number of anilines is 1. The van der Waals surface area contributed by atoms with Crippen molar-refractivity contribution in [3.63, 3.8) is 0 Å². The number of aromatic nitrogens is 1. The molecular weight excluding hydrogens is 228 g/mol. The summed E-state index contributed by atoms with van der Waals surface area (Å²) in [6.07, 6.45) is 0. The maximum atomic E-state index is 10.9. The fourth-order valence-corrected chi connectivity index (χ4v) is 1.91. The van der Waals surface area contributed by atoms with Gasteiger partial charge in [0.2, 0.25) is 5.91 Å². The molecule has 0 radical (unpaired) electrons. The van der Waals surface area contributed by atoms with Gasteiger partial charge in [-0.15, -0.1) is 0 Å². The van der Waals surface area contributed by atoms with Crippen molar-refractivity contribution in [3.8, 4) is 0 Å². The molecule has 4 N–H and O–H groups in total. The number of amides is 1. The van der Waals surface area contributed by atoms with Gasteiger partial charge in [0, 0.05) is 19.0 Å². The molecule has 94 valence electrons. The summed E-state index contributed by atoms with van der Waals surface area (Å²) in [4.78, 5) is 17.1. The lowest BCUT2D eigenvalue weighted by Gasteiger charge is -2.18. The van der Waals surface area contributed by atoms with Crippen LogP contribution in [0.3, 0.4) is 0 Å². The van der Waals surface area contributed by atoms with Crippen molar-refractivity contribution in [3.05, 3.63) is 35.9 Å². The van der Waals surface area contributed by atoms with Crippen LogP contribution in [-0.2, 0) is 11.3 Å². The second-order valence-corrected chi connectivity index (χ2v) is 4.18. The van der Waals surface area contributed by atoms with Gasteiger partial charge >= 0.3 is 0 Å². The van der Waals surface area contributed by atoms with E-state index in [9.17, 15) is 4.79 Å². The number of fused-ring (bicyclic) bond motifs is 1. The van der Waals surface area contributed by atoms with E-state index in [-0.39, 0.29) is 12.5 Å². The summed E-state index contributed by atoms with van der Waals surface area (Å²) in [7, 11) is 1.78. The third kappa shape index (κ3) is 2.41. The molecule has 1 aromatic carbocycles. The molecular formula is C13H16N4O. The van der Waals surface area contributed by atoms with Crippen molar-refractivity contribution in [2.75, 3.05) is 18.5 Å². The number of hydrogen-bond acceptors (Lipinski definition) is 4. The van der Waals surface area contributed by atoms with Crippen molar-refractivity contribution in [1.82, 2.24) is 4.98 Å². The van der Waals surface area contributed by atoms with E-state index < -0.39 is 0 Å². The molecule has 0 fully saturated rings. The van der Waals surface area contributed by atoms with Crippen LogP contribution in [0.25, 0.3) is 10.9 Å². The summed E-state index contributed by atoms with van der Waals surface area (Å²) in [6.45, 7) is 0.565. The van der Waals surface area contributed by atoms with Gasteiger partial charge in [-0.3, -0.25) is 4.79 Å². The van der Waals surface area contributed by atoms with Crippen LogP contribution >= 0.6 is 0 Å². The first-order valence-electron chi connectivity index (χ1n) is 5.70. The highest BCUT2D eigenvalue weighted by atomic mass is 16.1. The van der Waals surface area contributed by atoms with E-state index in [1.807, 2.05) is 30.3 Å². The van der Waals surface area contributed by atoms with Gasteiger partial charge in [0.15, 0.2) is 0 Å². The zero-order valence-corrected chi connectivity index (χ0v) is 10.3. The number of pyridine rings is 1. The number of carbonyl (C=O) groups excluding carboxylic acids is 1. The van der Waals surface area contributed by atoms with Crippen LogP contribution in [0.15, 0.2) is 30.3 Å². The predicted molar refractivity (Wildman–Crippen MR) is 72.1 cm³/mol. The monoisotopic (exact) mass is 244 g/mol. The normalized spacial score (nSPS) is 10.6. The number of primary amides is 1. The number of likely N-dealkylation sites (N-methyl/N-ethyl adjacent to an activating group) is 1. The van der Waals surface area contributed by atoms with Crippen molar-refractivity contribution >= 4 is 22.6 Å². The molecule has 0 unspecified atom stereocenters. The fourth-order valence-electron chi connectivity index (χ4n) is 1.91. The SMILES string of the molecule is CN(CC(N)=O)c1cc(CN)c2ccccc2n1. The van der Waals surface area contributed by atoms with Crippen molar-refractivity contribution in [2.24, 2.45) is 11.5 Å². The van der Waals surface area contributed by atoms with E-state index in [1.54, 1.807) is 11.9 Å². The number of nitrogens with two attached hydrogens (primary N) is 2. The van der Waals surface area contributed by atoms with Crippen molar-refractivity contribution in [1.29, 1.82) is 0 Å². The Balaban J connectivity index is 2.49. The second kappa shape index (κ2) is 5.01. The molecule has 0 bridgehead atoms. The third-order valence-corrected chi connectivity index (χ3v) is 2.79. The van der Waals surface area contributed by atoms with Gasteiger partial charge in [0.25, 0.3) is 0 Å². The Hall–Kier alpha value is -2.14. The Labute approximate surface area is 105 Å². The van der Waals surface area contributed by atoms with E-state index in [4.69, 9.17) is 11.5 Å². The van der Waals surface area contributed by atoms with Gasteiger partial charge in [0.1, 0.15) is 5.82 Å². The Morgan fingerprint density at radius 3 is 2.78 bits per heavy atom. The van der Waals surface area contributed by atoms with Crippen LogP contribution in [0.5, 0.6) is 0 Å². The molecule has 5 heteroatoms. The largest absolute Gasteiger partial charge is 0.368 e. The lowest BCUT2D eigenvalue weighted by atomic mass is 10.1. The molecule has 0 aliphatic rings. The highest BCUT2D eigenvalue weighted by Crippen LogP contribution is 2.21. The lowest BCUT2D eigenvalue weighted by molar-refractivity contribution is -0.116. The molecule has 1 heterocycles. The molecule has 0 spiro atoms. The second-order valence-electron chi connectivity index (χ2n) is 4.18.